The third-order valence-electron chi connectivity index (χ3n) is 2.28. The summed E-state index contributed by atoms with van der Waals surface area (Å²) in [5.74, 6) is 0.561. The van der Waals surface area contributed by atoms with Crippen LogP contribution in [0.5, 0.6) is 5.75 Å². The Kier molecular flexibility index (Phi) is 3.77. The first-order valence-corrected chi connectivity index (χ1v) is 6.34. The Balaban J connectivity index is 2.07. The Labute approximate surface area is 102 Å². The molecule has 0 aliphatic carbocycles. The standard InChI is InChI=1S/C13H12O3S/c14-17(15)13-8-4-7-12(9-13)16-10-11-5-2-1-3-6-11/h1-9,17H,10H2. The second-order valence-electron chi connectivity index (χ2n) is 3.53. The van der Waals surface area contributed by atoms with Crippen LogP contribution in [0.4, 0.5) is 0 Å². The zero-order chi connectivity index (χ0) is 12.1. The molecule has 0 N–H and O–H groups in total. The lowest BCUT2D eigenvalue weighted by Gasteiger charge is -2.06. The molecule has 0 spiro atoms. The minimum absolute atomic E-state index is 0.269. The lowest BCUT2D eigenvalue weighted by Crippen LogP contribution is -1.95. The van der Waals surface area contributed by atoms with Crippen LogP contribution in [0.3, 0.4) is 0 Å². The van der Waals surface area contributed by atoms with Gasteiger partial charge in [-0.1, -0.05) is 36.4 Å². The number of hydrogen-bond acceptors (Lipinski definition) is 3. The summed E-state index contributed by atoms with van der Waals surface area (Å²) in [6.45, 7) is 0.430. The first kappa shape index (κ1) is 11.7. The van der Waals surface area contributed by atoms with E-state index in [1.807, 2.05) is 30.3 Å². The zero-order valence-corrected chi connectivity index (χ0v) is 9.97. The Morgan fingerprint density at radius 1 is 0.941 bits per heavy atom. The van der Waals surface area contributed by atoms with Crippen LogP contribution in [-0.2, 0) is 17.3 Å². The van der Waals surface area contributed by atoms with Crippen LogP contribution in [0.1, 0.15) is 5.56 Å². The first-order chi connectivity index (χ1) is 8.25. The molecule has 17 heavy (non-hydrogen) atoms. The van der Waals surface area contributed by atoms with E-state index in [1.54, 1.807) is 18.2 Å². The highest BCUT2D eigenvalue weighted by Crippen LogP contribution is 2.15. The van der Waals surface area contributed by atoms with Crippen LogP contribution in [0, 0.1) is 0 Å². The van der Waals surface area contributed by atoms with Gasteiger partial charge in [-0.15, -0.1) is 0 Å². The van der Waals surface area contributed by atoms with Gasteiger partial charge in [-0.25, -0.2) is 8.42 Å². The van der Waals surface area contributed by atoms with Crippen LogP contribution in [0.2, 0.25) is 0 Å². The van der Waals surface area contributed by atoms with Gasteiger partial charge < -0.3 is 4.74 Å². The summed E-state index contributed by atoms with van der Waals surface area (Å²) in [4.78, 5) is 0.269. The van der Waals surface area contributed by atoms with Crippen molar-refractivity contribution in [3.8, 4) is 5.75 Å². The van der Waals surface area contributed by atoms with Crippen molar-refractivity contribution in [2.24, 2.45) is 0 Å². The Morgan fingerprint density at radius 2 is 1.71 bits per heavy atom. The number of hydrogen-bond donors (Lipinski definition) is 1. The highest BCUT2D eigenvalue weighted by atomic mass is 32.2. The summed E-state index contributed by atoms with van der Waals surface area (Å²) < 4.78 is 27.1. The Bertz CT molecular complexity index is 554. The molecule has 0 saturated carbocycles. The molecule has 88 valence electrons. The normalized spacial score (nSPS) is 10.4. The highest BCUT2D eigenvalue weighted by Gasteiger charge is 1.99. The molecule has 0 aliphatic heterocycles. The third kappa shape index (κ3) is 3.32. The average Bonchev–Trinajstić information content (AvgIpc) is 2.38. The minimum atomic E-state index is -2.56. The summed E-state index contributed by atoms with van der Waals surface area (Å²) in [6, 6.07) is 16.2. The van der Waals surface area contributed by atoms with Crippen LogP contribution < -0.4 is 4.74 Å². The molecule has 0 radical (unpaired) electrons. The summed E-state index contributed by atoms with van der Waals surface area (Å²) >= 11 is 0. The molecule has 0 saturated heterocycles. The second-order valence-corrected chi connectivity index (χ2v) is 4.56. The van der Waals surface area contributed by atoms with E-state index in [-0.39, 0.29) is 4.90 Å². The number of benzene rings is 2. The molecule has 2 rings (SSSR count). The van der Waals surface area contributed by atoms with Crippen molar-refractivity contribution >= 4 is 10.7 Å². The number of thiol groups is 1. The smallest absolute Gasteiger partial charge is 0.168 e. The van der Waals surface area contributed by atoms with E-state index in [0.717, 1.165) is 5.56 Å². The van der Waals surface area contributed by atoms with E-state index in [0.29, 0.717) is 12.4 Å². The quantitative estimate of drug-likeness (QED) is 0.844. The maximum absolute atomic E-state index is 10.8. The van der Waals surface area contributed by atoms with Gasteiger partial charge in [0.05, 0.1) is 4.90 Å². The predicted octanol–water partition coefficient (Wildman–Crippen LogP) is 2.24. The maximum atomic E-state index is 10.8. The van der Waals surface area contributed by atoms with Crippen LogP contribution in [-0.4, -0.2) is 8.42 Å². The molecule has 0 fully saturated rings. The van der Waals surface area contributed by atoms with Crippen LogP contribution in [0.25, 0.3) is 0 Å². The molecule has 3 nitrogen and oxygen atoms in total. The average molecular weight is 248 g/mol. The van der Waals surface area contributed by atoms with Gasteiger partial charge in [0.25, 0.3) is 0 Å². The molecule has 0 aliphatic rings. The topological polar surface area (TPSA) is 43.4 Å². The van der Waals surface area contributed by atoms with Crippen molar-refractivity contribution in [2.75, 3.05) is 0 Å². The predicted molar refractivity (Wildman–Crippen MR) is 65.8 cm³/mol. The third-order valence-corrected chi connectivity index (χ3v) is 2.98. The lowest BCUT2D eigenvalue weighted by atomic mass is 10.2. The van der Waals surface area contributed by atoms with E-state index in [2.05, 4.69) is 0 Å². The van der Waals surface area contributed by atoms with Gasteiger partial charge in [0.1, 0.15) is 12.4 Å². The van der Waals surface area contributed by atoms with Crippen molar-refractivity contribution < 1.29 is 13.2 Å². The first-order valence-electron chi connectivity index (χ1n) is 5.17. The zero-order valence-electron chi connectivity index (χ0n) is 9.08. The Hall–Kier alpha value is -1.81. The molecule has 2 aromatic rings. The van der Waals surface area contributed by atoms with Crippen molar-refractivity contribution in [3.63, 3.8) is 0 Å². The number of rotatable bonds is 4. The number of ether oxygens (including phenoxy) is 1. The van der Waals surface area contributed by atoms with Gasteiger partial charge in [0, 0.05) is 0 Å². The molecule has 0 atom stereocenters. The fraction of sp³-hybridized carbons (Fsp3) is 0.0769. The summed E-state index contributed by atoms with van der Waals surface area (Å²) in [5, 5.41) is 0. The van der Waals surface area contributed by atoms with Gasteiger partial charge in [-0.05, 0) is 23.8 Å². The van der Waals surface area contributed by atoms with E-state index < -0.39 is 10.7 Å². The maximum Gasteiger partial charge on any atom is 0.168 e. The van der Waals surface area contributed by atoms with Crippen molar-refractivity contribution in [1.82, 2.24) is 0 Å². The van der Waals surface area contributed by atoms with E-state index in [9.17, 15) is 8.42 Å². The van der Waals surface area contributed by atoms with Crippen LogP contribution in [0.15, 0.2) is 59.5 Å². The monoisotopic (exact) mass is 248 g/mol. The highest BCUT2D eigenvalue weighted by molar-refractivity contribution is 7.72. The largest absolute Gasteiger partial charge is 0.489 e. The van der Waals surface area contributed by atoms with Crippen molar-refractivity contribution in [3.05, 3.63) is 60.2 Å². The molecule has 2 aromatic carbocycles. The summed E-state index contributed by atoms with van der Waals surface area (Å²) in [6.07, 6.45) is 0. The molecule has 4 heteroatoms. The van der Waals surface area contributed by atoms with Crippen LogP contribution >= 0.6 is 0 Å². The molecule has 0 amide bonds. The van der Waals surface area contributed by atoms with Gasteiger partial charge in [0.15, 0.2) is 10.7 Å². The lowest BCUT2D eigenvalue weighted by molar-refractivity contribution is 0.305. The summed E-state index contributed by atoms with van der Waals surface area (Å²) in [5.41, 5.74) is 1.05. The molecule has 0 bridgehead atoms. The van der Waals surface area contributed by atoms with E-state index >= 15 is 0 Å². The Morgan fingerprint density at radius 3 is 2.41 bits per heavy atom. The van der Waals surface area contributed by atoms with E-state index in [4.69, 9.17) is 4.74 Å². The summed E-state index contributed by atoms with van der Waals surface area (Å²) in [7, 11) is -2.56. The second kappa shape index (κ2) is 5.50. The fourth-order valence-corrected chi connectivity index (χ4v) is 1.87. The molecular formula is C13H12O3S. The SMILES string of the molecule is O=[SH](=O)c1cccc(OCc2ccccc2)c1. The van der Waals surface area contributed by atoms with Gasteiger partial charge in [0.2, 0.25) is 0 Å². The van der Waals surface area contributed by atoms with Gasteiger partial charge in [-0.2, -0.15) is 0 Å². The molecular weight excluding hydrogens is 236 g/mol. The van der Waals surface area contributed by atoms with Crippen molar-refractivity contribution in [1.29, 1.82) is 0 Å². The molecule has 0 heterocycles. The van der Waals surface area contributed by atoms with Gasteiger partial charge in [-0.3, -0.25) is 0 Å². The van der Waals surface area contributed by atoms with E-state index in [1.165, 1.54) is 6.07 Å². The molecule has 0 aromatic heterocycles. The van der Waals surface area contributed by atoms with Gasteiger partial charge >= 0.3 is 0 Å². The fourth-order valence-electron chi connectivity index (χ4n) is 1.43. The molecule has 0 unspecified atom stereocenters. The van der Waals surface area contributed by atoms with Crippen molar-refractivity contribution in [2.45, 2.75) is 11.5 Å². The minimum Gasteiger partial charge on any atom is -0.489 e.